The number of anilines is 2. The van der Waals surface area contributed by atoms with Gasteiger partial charge in [-0.2, -0.15) is 13.2 Å². The highest BCUT2D eigenvalue weighted by molar-refractivity contribution is 7.89. The van der Waals surface area contributed by atoms with E-state index in [9.17, 15) is 30.8 Å². The van der Waals surface area contributed by atoms with Crippen LogP contribution in [0.3, 0.4) is 0 Å². The summed E-state index contributed by atoms with van der Waals surface area (Å²) < 4.78 is 80.3. The first-order valence-corrected chi connectivity index (χ1v) is 13.2. The minimum Gasteiger partial charge on any atom is -0.382 e. The van der Waals surface area contributed by atoms with Crippen molar-refractivity contribution in [2.24, 2.45) is 5.92 Å². The standard InChI is InChI=1S/C21H26F4N4O3S2/c1-11(2)10-34(31,32)29-14-6-4-13(5-7-14)27-20-28-19(26)18(33-20)17(30)15-8-3-12(22)9-16(15)21(23,24)25/h3,8-9,11,13-14,29H,4-7,10,26H2,1-2H3,(H,27,28). The summed E-state index contributed by atoms with van der Waals surface area (Å²) in [5, 5.41) is 3.41. The number of ketones is 1. The minimum atomic E-state index is -4.91. The van der Waals surface area contributed by atoms with Gasteiger partial charge in [0.25, 0.3) is 0 Å². The van der Waals surface area contributed by atoms with Gasteiger partial charge in [-0.05, 0) is 49.8 Å². The zero-order valence-corrected chi connectivity index (χ0v) is 20.2. The third-order valence-corrected chi connectivity index (χ3v) is 8.14. The molecule has 4 N–H and O–H groups in total. The molecule has 1 saturated carbocycles. The van der Waals surface area contributed by atoms with Gasteiger partial charge < -0.3 is 11.1 Å². The lowest BCUT2D eigenvalue weighted by atomic mass is 9.92. The van der Waals surface area contributed by atoms with Crippen LogP contribution in [0.4, 0.5) is 28.5 Å². The number of sulfonamides is 1. The Balaban J connectivity index is 1.66. The lowest BCUT2D eigenvalue weighted by molar-refractivity contribution is -0.138. The summed E-state index contributed by atoms with van der Waals surface area (Å²) in [7, 11) is -3.35. The molecule has 13 heteroatoms. The van der Waals surface area contributed by atoms with Crippen molar-refractivity contribution in [3.8, 4) is 0 Å². The van der Waals surface area contributed by atoms with Gasteiger partial charge in [-0.25, -0.2) is 22.5 Å². The number of nitrogens with one attached hydrogen (secondary N) is 2. The maximum atomic E-state index is 13.4. The van der Waals surface area contributed by atoms with E-state index in [4.69, 9.17) is 5.73 Å². The lowest BCUT2D eigenvalue weighted by Crippen LogP contribution is -2.41. The SMILES string of the molecule is CC(C)CS(=O)(=O)NC1CCC(Nc2nc(N)c(C(=O)c3ccc(F)cc3C(F)(F)F)s2)CC1. The Morgan fingerprint density at radius 3 is 2.41 bits per heavy atom. The van der Waals surface area contributed by atoms with Crippen LogP contribution in [0.1, 0.15) is 60.3 Å². The van der Waals surface area contributed by atoms with Crippen molar-refractivity contribution < 1.29 is 30.8 Å². The molecular formula is C21H26F4N4O3S2. The van der Waals surface area contributed by atoms with E-state index in [2.05, 4.69) is 15.0 Å². The van der Waals surface area contributed by atoms with Crippen LogP contribution in [-0.2, 0) is 16.2 Å². The Hall–Kier alpha value is -2.25. The Morgan fingerprint density at radius 2 is 1.82 bits per heavy atom. The predicted molar refractivity (Wildman–Crippen MR) is 123 cm³/mol. The summed E-state index contributed by atoms with van der Waals surface area (Å²) in [5.74, 6) is -2.23. The molecule has 0 unspecified atom stereocenters. The summed E-state index contributed by atoms with van der Waals surface area (Å²) in [6.45, 7) is 3.66. The summed E-state index contributed by atoms with van der Waals surface area (Å²) in [6.07, 6.45) is -2.44. The zero-order chi connectivity index (χ0) is 25.3. The molecule has 1 aliphatic rings. The van der Waals surface area contributed by atoms with Crippen LogP contribution >= 0.6 is 11.3 Å². The van der Waals surface area contributed by atoms with Crippen molar-refractivity contribution >= 4 is 38.1 Å². The van der Waals surface area contributed by atoms with Crippen molar-refractivity contribution in [1.82, 2.24) is 9.71 Å². The molecule has 0 aliphatic heterocycles. The van der Waals surface area contributed by atoms with Crippen LogP contribution in [0.2, 0.25) is 0 Å². The van der Waals surface area contributed by atoms with Crippen LogP contribution in [-0.4, -0.2) is 37.0 Å². The Bertz CT molecular complexity index is 1140. The fourth-order valence-electron chi connectivity index (χ4n) is 3.90. The van der Waals surface area contributed by atoms with Crippen molar-refractivity contribution in [2.45, 2.75) is 57.8 Å². The number of halogens is 4. The lowest BCUT2D eigenvalue weighted by Gasteiger charge is -2.29. The Morgan fingerprint density at radius 1 is 1.21 bits per heavy atom. The van der Waals surface area contributed by atoms with Gasteiger partial charge in [0.05, 0.1) is 11.3 Å². The summed E-state index contributed by atoms with van der Waals surface area (Å²) in [4.78, 5) is 16.7. The average Bonchev–Trinajstić information content (AvgIpc) is 3.07. The number of benzene rings is 1. The van der Waals surface area contributed by atoms with Crippen LogP contribution in [0.25, 0.3) is 0 Å². The van der Waals surface area contributed by atoms with Crippen LogP contribution in [0.5, 0.6) is 0 Å². The molecular weight excluding hydrogens is 496 g/mol. The molecule has 0 spiro atoms. The highest BCUT2D eigenvalue weighted by atomic mass is 32.2. The number of nitrogen functional groups attached to an aromatic ring is 1. The minimum absolute atomic E-state index is 0.0184. The van der Waals surface area contributed by atoms with Gasteiger partial charge in [-0.1, -0.05) is 25.2 Å². The number of aromatic nitrogens is 1. The third kappa shape index (κ3) is 6.66. The topological polar surface area (TPSA) is 114 Å². The number of nitrogens with two attached hydrogens (primary N) is 1. The molecule has 0 amide bonds. The van der Waals surface area contributed by atoms with Crippen molar-refractivity contribution in [3.63, 3.8) is 0 Å². The first-order chi connectivity index (χ1) is 15.7. The quantitative estimate of drug-likeness (QED) is 0.350. The van der Waals surface area contributed by atoms with E-state index < -0.39 is 38.9 Å². The number of hydrogen-bond acceptors (Lipinski definition) is 7. The van der Waals surface area contributed by atoms with E-state index in [0.717, 1.165) is 23.5 Å². The Kier molecular flexibility index (Phi) is 7.88. The van der Waals surface area contributed by atoms with E-state index in [1.165, 1.54) is 0 Å². The van der Waals surface area contributed by atoms with Gasteiger partial charge in [-0.15, -0.1) is 0 Å². The summed E-state index contributed by atoms with van der Waals surface area (Å²) in [6, 6.07) is 1.62. The van der Waals surface area contributed by atoms with Gasteiger partial charge in [0, 0.05) is 17.6 Å². The van der Waals surface area contributed by atoms with E-state index in [-0.39, 0.29) is 45.6 Å². The Labute approximate surface area is 199 Å². The molecule has 7 nitrogen and oxygen atoms in total. The first kappa shape index (κ1) is 26.4. The van der Waals surface area contributed by atoms with Crippen molar-refractivity contribution in [1.29, 1.82) is 0 Å². The number of hydrogen-bond donors (Lipinski definition) is 3. The number of carbonyl (C=O) groups is 1. The second kappa shape index (κ2) is 10.2. The molecule has 2 aromatic rings. The van der Waals surface area contributed by atoms with E-state index in [1.807, 2.05) is 13.8 Å². The zero-order valence-electron chi connectivity index (χ0n) is 18.6. The average molecular weight is 523 g/mol. The number of carbonyl (C=O) groups excluding carboxylic acids is 1. The molecule has 1 aliphatic carbocycles. The van der Waals surface area contributed by atoms with Crippen LogP contribution in [0, 0.1) is 11.7 Å². The maximum absolute atomic E-state index is 13.4. The number of thiazole rings is 1. The molecule has 34 heavy (non-hydrogen) atoms. The molecule has 1 heterocycles. The molecule has 0 atom stereocenters. The van der Waals surface area contributed by atoms with Crippen LogP contribution < -0.4 is 15.8 Å². The van der Waals surface area contributed by atoms with Crippen molar-refractivity contribution in [3.05, 3.63) is 40.0 Å². The van der Waals surface area contributed by atoms with E-state index in [0.29, 0.717) is 25.7 Å². The number of rotatable bonds is 8. The first-order valence-electron chi connectivity index (χ1n) is 10.7. The molecule has 1 aromatic carbocycles. The van der Waals surface area contributed by atoms with Crippen molar-refractivity contribution in [2.75, 3.05) is 16.8 Å². The number of alkyl halides is 3. The van der Waals surface area contributed by atoms with Gasteiger partial charge in [0.1, 0.15) is 16.5 Å². The molecule has 0 saturated heterocycles. The van der Waals surface area contributed by atoms with Crippen LogP contribution in [0.15, 0.2) is 18.2 Å². The second-order valence-corrected chi connectivity index (χ2v) is 11.5. The molecule has 188 valence electrons. The highest BCUT2D eigenvalue weighted by Crippen LogP contribution is 2.36. The normalized spacial score (nSPS) is 19.4. The molecule has 3 rings (SSSR count). The summed E-state index contributed by atoms with van der Waals surface area (Å²) in [5.41, 5.74) is 3.73. The fraction of sp³-hybridized carbons (Fsp3) is 0.524. The summed E-state index contributed by atoms with van der Waals surface area (Å²) >= 11 is 0.828. The highest BCUT2D eigenvalue weighted by Gasteiger charge is 2.37. The van der Waals surface area contributed by atoms with E-state index in [1.54, 1.807) is 0 Å². The van der Waals surface area contributed by atoms with Gasteiger partial charge in [-0.3, -0.25) is 4.79 Å². The van der Waals surface area contributed by atoms with E-state index >= 15 is 0 Å². The second-order valence-electron chi connectivity index (χ2n) is 8.74. The molecule has 0 radical (unpaired) electrons. The maximum Gasteiger partial charge on any atom is 0.417 e. The molecule has 1 fully saturated rings. The molecule has 1 aromatic heterocycles. The fourth-order valence-corrected chi connectivity index (χ4v) is 6.53. The monoisotopic (exact) mass is 522 g/mol. The predicted octanol–water partition coefficient (Wildman–Crippen LogP) is 4.41. The van der Waals surface area contributed by atoms with Gasteiger partial charge in [0.2, 0.25) is 15.8 Å². The number of nitrogens with zero attached hydrogens (tertiary/aromatic N) is 1. The van der Waals surface area contributed by atoms with Gasteiger partial charge in [0.15, 0.2) is 5.13 Å². The smallest absolute Gasteiger partial charge is 0.382 e. The van der Waals surface area contributed by atoms with Gasteiger partial charge >= 0.3 is 6.18 Å². The largest absolute Gasteiger partial charge is 0.417 e. The third-order valence-electron chi connectivity index (χ3n) is 5.34. The molecule has 0 bridgehead atoms.